The molecular formula is C15H3Br2F9N4O6. The number of nitrogens with zero attached hydrogens (tertiary/aromatic N) is 3. The van der Waals surface area contributed by atoms with E-state index >= 15 is 0 Å². The number of rotatable bonds is 5. The van der Waals surface area contributed by atoms with Crippen molar-refractivity contribution in [3.05, 3.63) is 68.1 Å². The Hall–Kier alpha value is -3.23. The second kappa shape index (κ2) is 9.33. The van der Waals surface area contributed by atoms with Crippen molar-refractivity contribution >= 4 is 60.3 Å². The van der Waals surface area contributed by atoms with E-state index in [1.54, 1.807) is 0 Å². The van der Waals surface area contributed by atoms with E-state index in [0.717, 1.165) is 0 Å². The summed E-state index contributed by atoms with van der Waals surface area (Å²) in [5.74, 6) is 0. The lowest BCUT2D eigenvalue weighted by Crippen LogP contribution is -2.19. The van der Waals surface area contributed by atoms with Crippen molar-refractivity contribution in [3.8, 4) is 0 Å². The standard InChI is InChI=1S/C15H3Br2F9N4O6/c16-8-6(14(21,22)23)12(30(35)36)7(15(24,25)26)9(17)11(8)27-10-4(13(18,19)20)1-3(28(31)32)2-5(10)29(33)34/h1-2,27H. The highest BCUT2D eigenvalue weighted by atomic mass is 79.9. The fourth-order valence-corrected chi connectivity index (χ4v) is 4.52. The maximum absolute atomic E-state index is 13.6. The fourth-order valence-electron chi connectivity index (χ4n) is 2.83. The van der Waals surface area contributed by atoms with Crippen LogP contribution in [0.2, 0.25) is 0 Å². The van der Waals surface area contributed by atoms with Crippen molar-refractivity contribution in [2.24, 2.45) is 0 Å². The molecule has 0 atom stereocenters. The molecule has 0 aliphatic rings. The molecule has 0 saturated carbocycles. The van der Waals surface area contributed by atoms with Gasteiger partial charge in [0.05, 0.1) is 41.0 Å². The number of non-ortho nitro benzene ring substituents is 1. The molecule has 10 nitrogen and oxygen atoms in total. The van der Waals surface area contributed by atoms with Crippen LogP contribution in [0, 0.1) is 30.3 Å². The molecule has 0 unspecified atom stereocenters. The number of alkyl halides is 9. The molecule has 0 amide bonds. The van der Waals surface area contributed by atoms with Crippen molar-refractivity contribution in [2.75, 3.05) is 5.32 Å². The van der Waals surface area contributed by atoms with Gasteiger partial charge in [0.25, 0.3) is 17.1 Å². The third-order valence-corrected chi connectivity index (χ3v) is 5.75. The summed E-state index contributed by atoms with van der Waals surface area (Å²) in [6.07, 6.45) is -17.4. The van der Waals surface area contributed by atoms with Gasteiger partial charge in [0.2, 0.25) is 0 Å². The van der Waals surface area contributed by atoms with Crippen LogP contribution in [-0.2, 0) is 18.5 Å². The van der Waals surface area contributed by atoms with Crippen molar-refractivity contribution in [1.82, 2.24) is 0 Å². The van der Waals surface area contributed by atoms with Gasteiger partial charge in [-0.3, -0.25) is 30.3 Å². The molecule has 2 aromatic rings. The van der Waals surface area contributed by atoms with Gasteiger partial charge in [-0.25, -0.2) is 0 Å². The molecule has 0 fully saturated rings. The van der Waals surface area contributed by atoms with E-state index in [2.05, 4.69) is 31.9 Å². The predicted octanol–water partition coefficient (Wildman–Crippen LogP) is 7.74. The van der Waals surface area contributed by atoms with Crippen LogP contribution in [0.15, 0.2) is 21.1 Å². The van der Waals surface area contributed by atoms with Crippen LogP contribution >= 0.6 is 31.9 Å². The van der Waals surface area contributed by atoms with E-state index in [1.807, 2.05) is 0 Å². The Morgan fingerprint density at radius 1 is 0.667 bits per heavy atom. The van der Waals surface area contributed by atoms with Crippen LogP contribution in [0.5, 0.6) is 0 Å². The van der Waals surface area contributed by atoms with Gasteiger partial charge in [0, 0.05) is 6.07 Å². The maximum Gasteiger partial charge on any atom is 0.424 e. The number of nitro groups is 3. The summed E-state index contributed by atoms with van der Waals surface area (Å²) in [6.45, 7) is 0. The number of hydrogen-bond donors (Lipinski definition) is 1. The zero-order valence-corrected chi connectivity index (χ0v) is 19.3. The van der Waals surface area contributed by atoms with Crippen LogP contribution in [-0.4, -0.2) is 14.8 Å². The molecule has 36 heavy (non-hydrogen) atoms. The number of halogens is 11. The molecule has 0 spiro atoms. The van der Waals surface area contributed by atoms with Gasteiger partial charge in [-0.2, -0.15) is 39.5 Å². The highest BCUT2D eigenvalue weighted by Gasteiger charge is 2.51. The molecule has 0 aromatic heterocycles. The second-order valence-electron chi connectivity index (χ2n) is 6.38. The first-order valence-corrected chi connectivity index (χ1v) is 9.84. The quantitative estimate of drug-likeness (QED) is 0.196. The topological polar surface area (TPSA) is 141 Å². The molecule has 196 valence electrons. The van der Waals surface area contributed by atoms with Gasteiger partial charge in [0.1, 0.15) is 5.69 Å². The number of anilines is 2. The summed E-state index contributed by atoms with van der Waals surface area (Å²) < 4.78 is 119. The van der Waals surface area contributed by atoms with Crippen LogP contribution in [0.25, 0.3) is 0 Å². The lowest BCUT2D eigenvalue weighted by atomic mass is 10.0. The zero-order chi connectivity index (χ0) is 28.1. The largest absolute Gasteiger partial charge is 0.424 e. The summed E-state index contributed by atoms with van der Waals surface area (Å²) in [5, 5.41) is 34.8. The molecule has 21 heteroatoms. The van der Waals surface area contributed by atoms with Gasteiger partial charge in [-0.05, 0) is 31.9 Å². The highest BCUT2D eigenvalue weighted by Crippen LogP contribution is 2.55. The Morgan fingerprint density at radius 3 is 1.42 bits per heavy atom. The first-order valence-electron chi connectivity index (χ1n) is 8.25. The molecule has 1 N–H and O–H groups in total. The van der Waals surface area contributed by atoms with Gasteiger partial charge < -0.3 is 5.32 Å². The lowest BCUT2D eigenvalue weighted by molar-refractivity contribution is -0.394. The lowest BCUT2D eigenvalue weighted by Gasteiger charge is -2.22. The Kier molecular flexibility index (Phi) is 7.52. The smallest absolute Gasteiger partial charge is 0.348 e. The number of hydrogen-bond acceptors (Lipinski definition) is 7. The molecule has 2 aromatic carbocycles. The van der Waals surface area contributed by atoms with Crippen molar-refractivity contribution in [3.63, 3.8) is 0 Å². The van der Waals surface area contributed by atoms with E-state index in [4.69, 9.17) is 0 Å². The summed E-state index contributed by atoms with van der Waals surface area (Å²) in [4.78, 5) is 28.3. The predicted molar refractivity (Wildman–Crippen MR) is 107 cm³/mol. The molecule has 0 aliphatic heterocycles. The Labute approximate surface area is 206 Å². The second-order valence-corrected chi connectivity index (χ2v) is 7.96. The minimum absolute atomic E-state index is 0.0277. The van der Waals surface area contributed by atoms with Crippen molar-refractivity contribution < 1.29 is 54.3 Å². The van der Waals surface area contributed by atoms with Crippen LogP contribution in [0.1, 0.15) is 16.7 Å². The van der Waals surface area contributed by atoms with Gasteiger partial charge in [-0.15, -0.1) is 0 Å². The molecule has 0 bridgehead atoms. The number of nitrogens with one attached hydrogen (secondary N) is 1. The third-order valence-electron chi connectivity index (χ3n) is 4.17. The van der Waals surface area contributed by atoms with Crippen LogP contribution in [0.3, 0.4) is 0 Å². The van der Waals surface area contributed by atoms with Crippen LogP contribution in [0.4, 0.5) is 68.0 Å². The minimum Gasteiger partial charge on any atom is -0.348 e. The molecule has 0 aliphatic carbocycles. The van der Waals surface area contributed by atoms with Crippen molar-refractivity contribution in [2.45, 2.75) is 18.5 Å². The monoisotopic (exact) mass is 664 g/mol. The molecule has 0 heterocycles. The summed E-state index contributed by atoms with van der Waals surface area (Å²) >= 11 is 4.35. The third kappa shape index (κ3) is 5.44. The van der Waals surface area contributed by atoms with Crippen LogP contribution < -0.4 is 5.32 Å². The van der Waals surface area contributed by atoms with E-state index in [0.29, 0.717) is 0 Å². The first kappa shape index (κ1) is 29.0. The van der Waals surface area contributed by atoms with E-state index < -0.39 is 87.4 Å². The fraction of sp³-hybridized carbons (Fsp3) is 0.200. The van der Waals surface area contributed by atoms with E-state index in [-0.39, 0.29) is 12.1 Å². The summed E-state index contributed by atoms with van der Waals surface area (Å²) in [7, 11) is 0. The summed E-state index contributed by atoms with van der Waals surface area (Å²) in [5.41, 5.74) is -16.5. The molecule has 2 rings (SSSR count). The Balaban J connectivity index is 3.13. The first-order chi connectivity index (χ1) is 16.1. The van der Waals surface area contributed by atoms with Gasteiger partial charge in [-0.1, -0.05) is 0 Å². The molecular weight excluding hydrogens is 663 g/mol. The molecule has 0 radical (unpaired) electrons. The number of benzene rings is 2. The normalized spacial score (nSPS) is 12.4. The average molecular weight is 666 g/mol. The highest BCUT2D eigenvalue weighted by molar-refractivity contribution is 9.11. The molecule has 0 saturated heterocycles. The van der Waals surface area contributed by atoms with E-state index in [1.165, 1.54) is 5.32 Å². The average Bonchev–Trinajstić information content (AvgIpc) is 2.66. The maximum atomic E-state index is 13.6. The minimum atomic E-state index is -5.90. The Bertz CT molecular complexity index is 1250. The van der Waals surface area contributed by atoms with Gasteiger partial charge in [0.15, 0.2) is 11.1 Å². The van der Waals surface area contributed by atoms with Crippen molar-refractivity contribution in [1.29, 1.82) is 0 Å². The SMILES string of the molecule is O=[N+]([O-])c1cc([N+](=O)[O-])c(Nc2c(Br)c(C(F)(F)F)c([N+](=O)[O-])c(C(F)(F)F)c2Br)c(C(F)(F)F)c1. The summed E-state index contributed by atoms with van der Waals surface area (Å²) in [6, 6.07) is -0.280. The number of nitro benzene ring substituents is 3. The Morgan fingerprint density at radius 2 is 1.11 bits per heavy atom. The zero-order valence-electron chi connectivity index (χ0n) is 16.1. The van der Waals surface area contributed by atoms with E-state index in [9.17, 15) is 69.9 Å². The van der Waals surface area contributed by atoms with Gasteiger partial charge >= 0.3 is 18.5 Å².